The molecule has 10 heteroatoms. The smallest absolute Gasteiger partial charge is 0.414 e. The average molecular weight is 519 g/mol. The minimum absolute atomic E-state index is 0.129. The lowest BCUT2D eigenvalue weighted by molar-refractivity contribution is 0.148. The Morgan fingerprint density at radius 1 is 1.18 bits per heavy atom. The number of amides is 1. The van der Waals surface area contributed by atoms with Gasteiger partial charge in [0.15, 0.2) is 0 Å². The highest BCUT2D eigenvalue weighted by molar-refractivity contribution is 5.92. The van der Waals surface area contributed by atoms with Gasteiger partial charge in [-0.1, -0.05) is 25.5 Å². The van der Waals surface area contributed by atoms with Crippen molar-refractivity contribution in [3.05, 3.63) is 59.0 Å². The van der Waals surface area contributed by atoms with Crippen molar-refractivity contribution < 1.29 is 19.4 Å². The first kappa shape index (κ1) is 25.7. The zero-order valence-corrected chi connectivity index (χ0v) is 21.9. The van der Waals surface area contributed by atoms with Crippen LogP contribution in [0, 0.1) is 6.92 Å². The van der Waals surface area contributed by atoms with Gasteiger partial charge in [-0.25, -0.2) is 19.7 Å². The molecular formula is C28H34N6O4. The second-order valence-electron chi connectivity index (χ2n) is 9.52. The normalized spacial score (nSPS) is 14.4. The average Bonchev–Trinajstić information content (AvgIpc) is 2.94. The Balaban J connectivity index is 1.34. The maximum atomic E-state index is 12.8. The van der Waals surface area contributed by atoms with Crippen LogP contribution in [0.5, 0.6) is 5.88 Å². The summed E-state index contributed by atoms with van der Waals surface area (Å²) in [6.07, 6.45) is 6.59. The van der Waals surface area contributed by atoms with E-state index in [4.69, 9.17) is 19.6 Å². The third-order valence-corrected chi connectivity index (χ3v) is 6.91. The van der Waals surface area contributed by atoms with Crippen LogP contribution in [0.1, 0.15) is 42.1 Å². The fourth-order valence-electron chi connectivity index (χ4n) is 4.79. The van der Waals surface area contributed by atoms with Gasteiger partial charge in [0, 0.05) is 30.6 Å². The van der Waals surface area contributed by atoms with Crippen LogP contribution >= 0.6 is 0 Å². The highest BCUT2D eigenvalue weighted by atomic mass is 16.6. The maximum Gasteiger partial charge on any atom is 0.414 e. The minimum Gasteiger partial charge on any atom is -0.474 e. The molecule has 200 valence electrons. The summed E-state index contributed by atoms with van der Waals surface area (Å²) in [5, 5.41) is 12.4. The number of carbonyl (C=O) groups excluding carboxylic acids is 1. The van der Waals surface area contributed by atoms with Gasteiger partial charge >= 0.3 is 6.09 Å². The van der Waals surface area contributed by atoms with Crippen LogP contribution in [0.4, 0.5) is 27.8 Å². The van der Waals surface area contributed by atoms with E-state index in [-0.39, 0.29) is 12.7 Å². The Labute approximate surface area is 222 Å². The van der Waals surface area contributed by atoms with Crippen molar-refractivity contribution in [3.63, 3.8) is 0 Å². The molecule has 3 aromatic rings. The van der Waals surface area contributed by atoms with E-state index in [1.807, 2.05) is 43.6 Å². The van der Waals surface area contributed by atoms with Crippen molar-refractivity contribution in [2.45, 2.75) is 46.1 Å². The molecule has 0 bridgehead atoms. The second kappa shape index (κ2) is 11.6. The van der Waals surface area contributed by atoms with Crippen LogP contribution in [0.2, 0.25) is 0 Å². The van der Waals surface area contributed by atoms with Gasteiger partial charge in [0.2, 0.25) is 11.8 Å². The number of aliphatic hydroxyl groups is 1. The quantitative estimate of drug-likeness (QED) is 0.425. The number of anilines is 4. The number of hydrogen-bond acceptors (Lipinski definition) is 9. The number of hydrogen-bond donors (Lipinski definition) is 2. The Kier molecular flexibility index (Phi) is 7.88. The summed E-state index contributed by atoms with van der Waals surface area (Å²) < 4.78 is 11.3. The number of fused-ring (bicyclic) bond motifs is 2. The van der Waals surface area contributed by atoms with E-state index in [9.17, 15) is 4.79 Å². The van der Waals surface area contributed by atoms with E-state index in [2.05, 4.69) is 27.1 Å². The first-order chi connectivity index (χ1) is 18.6. The first-order valence-corrected chi connectivity index (χ1v) is 13.2. The lowest BCUT2D eigenvalue weighted by Gasteiger charge is -2.34. The lowest BCUT2D eigenvalue weighted by atomic mass is 10.0. The van der Waals surface area contributed by atoms with Crippen LogP contribution in [0.3, 0.4) is 0 Å². The molecule has 0 radical (unpaired) electrons. The van der Waals surface area contributed by atoms with Gasteiger partial charge in [0.25, 0.3) is 0 Å². The van der Waals surface area contributed by atoms with Crippen molar-refractivity contribution in [2.75, 3.05) is 48.0 Å². The largest absolute Gasteiger partial charge is 0.474 e. The summed E-state index contributed by atoms with van der Waals surface area (Å²) in [7, 11) is 0. The summed E-state index contributed by atoms with van der Waals surface area (Å²) in [6, 6.07) is 7.89. The molecule has 0 saturated heterocycles. The summed E-state index contributed by atoms with van der Waals surface area (Å²) in [5.74, 6) is 0.997. The van der Waals surface area contributed by atoms with Gasteiger partial charge in [-0.05, 0) is 49.4 Å². The van der Waals surface area contributed by atoms with E-state index in [0.717, 1.165) is 59.6 Å². The van der Waals surface area contributed by atoms with Gasteiger partial charge in [-0.15, -0.1) is 0 Å². The predicted molar refractivity (Wildman–Crippen MR) is 145 cm³/mol. The van der Waals surface area contributed by atoms with Crippen LogP contribution in [-0.4, -0.2) is 59.1 Å². The number of rotatable bonds is 8. The maximum absolute atomic E-state index is 12.8. The van der Waals surface area contributed by atoms with Crippen molar-refractivity contribution in [1.29, 1.82) is 0 Å². The Hall–Kier alpha value is -3.92. The summed E-state index contributed by atoms with van der Waals surface area (Å²) >= 11 is 0. The number of aliphatic hydroxyl groups excluding tert-OH is 1. The molecule has 2 aliphatic rings. The highest BCUT2D eigenvalue weighted by Crippen LogP contribution is 2.39. The number of benzene rings is 1. The van der Waals surface area contributed by atoms with Crippen molar-refractivity contribution in [2.24, 2.45) is 0 Å². The van der Waals surface area contributed by atoms with Crippen LogP contribution < -0.4 is 19.9 Å². The standard InChI is InChI=1S/C28H34N6O4/c1-3-4-14-38-28(36)34-12-15-37-26-25(34)19(2)24(17-29-26)33-11-9-21-16-30-27(32-23(21)18-33)31-22-7-5-20(6-8-22)10-13-35/h5-8,16-17,35H,3-4,9-15,18H2,1-2H3,(H,30,31,32). The molecule has 2 N–H and O–H groups in total. The molecule has 1 aromatic carbocycles. The van der Waals surface area contributed by atoms with Gasteiger partial charge < -0.3 is 24.8 Å². The second-order valence-corrected chi connectivity index (χ2v) is 9.52. The lowest BCUT2D eigenvalue weighted by Crippen LogP contribution is -2.40. The molecule has 5 rings (SSSR count). The van der Waals surface area contributed by atoms with Gasteiger partial charge in [-0.2, -0.15) is 0 Å². The number of nitrogens with one attached hydrogen (secondary N) is 1. The molecule has 0 fully saturated rings. The third-order valence-electron chi connectivity index (χ3n) is 6.91. The first-order valence-electron chi connectivity index (χ1n) is 13.2. The van der Waals surface area contributed by atoms with Crippen molar-refractivity contribution >= 4 is 29.1 Å². The number of ether oxygens (including phenoxy) is 2. The molecule has 0 spiro atoms. The number of aromatic nitrogens is 3. The SMILES string of the molecule is CCCCOC(=O)N1CCOc2ncc(N3CCc4cnc(Nc5ccc(CCO)cc5)nc4C3)c(C)c21. The van der Waals surface area contributed by atoms with E-state index in [1.165, 1.54) is 0 Å². The monoisotopic (exact) mass is 518 g/mol. The zero-order chi connectivity index (χ0) is 26.5. The summed E-state index contributed by atoms with van der Waals surface area (Å²) in [6.45, 7) is 6.80. The van der Waals surface area contributed by atoms with Gasteiger partial charge in [0.1, 0.15) is 12.3 Å². The zero-order valence-electron chi connectivity index (χ0n) is 21.9. The molecule has 4 heterocycles. The predicted octanol–water partition coefficient (Wildman–Crippen LogP) is 4.16. The van der Waals surface area contributed by atoms with E-state index >= 15 is 0 Å². The van der Waals surface area contributed by atoms with Gasteiger partial charge in [0.05, 0.1) is 37.3 Å². The van der Waals surface area contributed by atoms with E-state index in [0.29, 0.717) is 50.2 Å². The summed E-state index contributed by atoms with van der Waals surface area (Å²) in [4.78, 5) is 30.6. The number of carbonyl (C=O) groups is 1. The van der Waals surface area contributed by atoms with Gasteiger partial charge in [-0.3, -0.25) is 4.90 Å². The number of nitrogens with zero attached hydrogens (tertiary/aromatic N) is 5. The number of pyridine rings is 1. The summed E-state index contributed by atoms with van der Waals surface area (Å²) in [5.41, 5.74) is 6.59. The molecule has 2 aliphatic heterocycles. The van der Waals surface area contributed by atoms with Crippen molar-refractivity contribution in [3.8, 4) is 5.88 Å². The number of unbranched alkanes of at least 4 members (excludes halogenated alkanes) is 1. The Morgan fingerprint density at radius 3 is 2.82 bits per heavy atom. The van der Waals surface area contributed by atoms with Crippen molar-refractivity contribution in [1.82, 2.24) is 15.0 Å². The molecule has 0 aliphatic carbocycles. The molecule has 0 atom stereocenters. The molecular weight excluding hydrogens is 484 g/mol. The fraction of sp³-hybridized carbons (Fsp3) is 0.429. The molecule has 38 heavy (non-hydrogen) atoms. The van der Waals surface area contributed by atoms with Crippen LogP contribution in [0.25, 0.3) is 0 Å². The Bertz CT molecular complexity index is 1280. The third kappa shape index (κ3) is 5.50. The molecule has 10 nitrogen and oxygen atoms in total. The van der Waals surface area contributed by atoms with E-state index in [1.54, 1.807) is 4.90 Å². The minimum atomic E-state index is -0.359. The fourth-order valence-corrected chi connectivity index (χ4v) is 4.79. The Morgan fingerprint density at radius 2 is 2.03 bits per heavy atom. The molecule has 0 unspecified atom stereocenters. The molecule has 0 saturated carbocycles. The van der Waals surface area contributed by atoms with Crippen LogP contribution in [-0.2, 0) is 24.1 Å². The molecule has 2 aromatic heterocycles. The topological polar surface area (TPSA) is 113 Å². The highest BCUT2D eigenvalue weighted by Gasteiger charge is 2.31. The molecule has 1 amide bonds. The van der Waals surface area contributed by atoms with Crippen LogP contribution in [0.15, 0.2) is 36.7 Å². The van der Waals surface area contributed by atoms with E-state index < -0.39 is 0 Å².